The van der Waals surface area contributed by atoms with Crippen LogP contribution in [-0.2, 0) is 17.5 Å². The SMILES string of the molecule is O=C(NCc1ccc(N2CCOCC2)cc1C(F)(F)F)c1nc(Cl)ccc1Cl. The smallest absolute Gasteiger partial charge is 0.378 e. The molecule has 3 rings (SSSR count). The average Bonchev–Trinajstić information content (AvgIpc) is 2.68. The van der Waals surface area contributed by atoms with Crippen LogP contribution in [0.5, 0.6) is 0 Å². The number of ether oxygens (including phenoxy) is 1. The van der Waals surface area contributed by atoms with Gasteiger partial charge in [0.1, 0.15) is 10.8 Å². The van der Waals surface area contributed by atoms with Gasteiger partial charge in [-0.25, -0.2) is 4.98 Å². The zero-order valence-electron chi connectivity index (χ0n) is 14.5. The number of benzene rings is 1. The first kappa shape index (κ1) is 20.7. The van der Waals surface area contributed by atoms with E-state index in [2.05, 4.69) is 10.3 Å². The van der Waals surface area contributed by atoms with Crippen molar-refractivity contribution in [3.63, 3.8) is 0 Å². The maximum atomic E-state index is 13.6. The zero-order chi connectivity index (χ0) is 20.3. The number of pyridine rings is 1. The van der Waals surface area contributed by atoms with E-state index < -0.39 is 17.6 Å². The summed E-state index contributed by atoms with van der Waals surface area (Å²) in [5.74, 6) is -0.710. The molecule has 1 aromatic heterocycles. The molecule has 0 saturated carbocycles. The van der Waals surface area contributed by atoms with Crippen molar-refractivity contribution < 1.29 is 22.7 Å². The molecule has 1 saturated heterocycles. The highest BCUT2D eigenvalue weighted by Crippen LogP contribution is 2.35. The number of hydrogen-bond donors (Lipinski definition) is 1. The van der Waals surface area contributed by atoms with E-state index >= 15 is 0 Å². The summed E-state index contributed by atoms with van der Waals surface area (Å²) < 4.78 is 45.9. The first-order chi connectivity index (χ1) is 13.3. The van der Waals surface area contributed by atoms with Crippen LogP contribution in [0.3, 0.4) is 0 Å². The summed E-state index contributed by atoms with van der Waals surface area (Å²) in [4.78, 5) is 17.9. The van der Waals surface area contributed by atoms with Crippen molar-refractivity contribution in [1.29, 1.82) is 0 Å². The van der Waals surface area contributed by atoms with Crippen molar-refractivity contribution in [3.8, 4) is 0 Å². The fourth-order valence-electron chi connectivity index (χ4n) is 2.84. The Bertz CT molecular complexity index is 872. The fourth-order valence-corrected chi connectivity index (χ4v) is 3.18. The fraction of sp³-hybridized carbons (Fsp3) is 0.333. The van der Waals surface area contributed by atoms with E-state index in [1.807, 2.05) is 4.90 Å². The van der Waals surface area contributed by atoms with Gasteiger partial charge in [0.2, 0.25) is 0 Å². The third-order valence-electron chi connectivity index (χ3n) is 4.24. The lowest BCUT2D eigenvalue weighted by atomic mass is 10.0. The number of morpholine rings is 1. The number of amides is 1. The quantitative estimate of drug-likeness (QED) is 0.735. The minimum atomic E-state index is -4.56. The Morgan fingerprint density at radius 3 is 2.57 bits per heavy atom. The highest BCUT2D eigenvalue weighted by molar-refractivity contribution is 6.34. The van der Waals surface area contributed by atoms with Gasteiger partial charge in [-0.3, -0.25) is 4.79 Å². The van der Waals surface area contributed by atoms with Gasteiger partial charge in [-0.2, -0.15) is 13.2 Å². The van der Waals surface area contributed by atoms with Crippen LogP contribution in [-0.4, -0.2) is 37.2 Å². The lowest BCUT2D eigenvalue weighted by molar-refractivity contribution is -0.138. The van der Waals surface area contributed by atoms with Crippen molar-refractivity contribution in [2.75, 3.05) is 31.2 Å². The predicted molar refractivity (Wildman–Crippen MR) is 99.9 cm³/mol. The molecule has 0 bridgehead atoms. The molecule has 0 unspecified atom stereocenters. The molecule has 0 aliphatic carbocycles. The van der Waals surface area contributed by atoms with Crippen molar-refractivity contribution in [2.24, 2.45) is 0 Å². The summed E-state index contributed by atoms with van der Waals surface area (Å²) >= 11 is 11.6. The van der Waals surface area contributed by atoms with Gasteiger partial charge < -0.3 is 15.0 Å². The van der Waals surface area contributed by atoms with E-state index in [1.54, 1.807) is 6.07 Å². The average molecular weight is 434 g/mol. The number of nitrogens with zero attached hydrogens (tertiary/aromatic N) is 2. The van der Waals surface area contributed by atoms with Crippen LogP contribution < -0.4 is 10.2 Å². The Balaban J connectivity index is 1.80. The molecule has 1 N–H and O–H groups in total. The second-order valence-corrected chi connectivity index (χ2v) is 6.88. The summed E-state index contributed by atoms with van der Waals surface area (Å²) in [5, 5.41) is 2.53. The molecule has 150 valence electrons. The second-order valence-electron chi connectivity index (χ2n) is 6.09. The van der Waals surface area contributed by atoms with Crippen molar-refractivity contribution in [1.82, 2.24) is 10.3 Å². The van der Waals surface area contributed by atoms with E-state index in [0.29, 0.717) is 32.0 Å². The van der Waals surface area contributed by atoms with Gasteiger partial charge in [0.15, 0.2) is 0 Å². The molecule has 1 aromatic carbocycles. The Hall–Kier alpha value is -2.03. The Kier molecular flexibility index (Phi) is 6.32. The molecule has 2 heterocycles. The van der Waals surface area contributed by atoms with Crippen LogP contribution in [0.25, 0.3) is 0 Å². The summed E-state index contributed by atoms with van der Waals surface area (Å²) in [6, 6.07) is 6.86. The van der Waals surface area contributed by atoms with Gasteiger partial charge in [-0.15, -0.1) is 0 Å². The summed E-state index contributed by atoms with van der Waals surface area (Å²) in [6.07, 6.45) is -4.56. The highest BCUT2D eigenvalue weighted by Gasteiger charge is 2.34. The first-order valence-corrected chi connectivity index (χ1v) is 9.14. The van der Waals surface area contributed by atoms with Crippen molar-refractivity contribution in [2.45, 2.75) is 12.7 Å². The molecule has 28 heavy (non-hydrogen) atoms. The maximum absolute atomic E-state index is 13.6. The topological polar surface area (TPSA) is 54.5 Å². The normalized spacial score (nSPS) is 14.8. The van der Waals surface area contributed by atoms with E-state index in [9.17, 15) is 18.0 Å². The minimum absolute atomic E-state index is 0.0559. The summed E-state index contributed by atoms with van der Waals surface area (Å²) in [7, 11) is 0. The number of nitrogens with one attached hydrogen (secondary N) is 1. The summed E-state index contributed by atoms with van der Waals surface area (Å²) in [5.41, 5.74) is -0.545. The molecule has 1 amide bonds. The van der Waals surface area contributed by atoms with E-state index in [1.165, 1.54) is 18.2 Å². The molecule has 1 fully saturated rings. The van der Waals surface area contributed by atoms with Crippen molar-refractivity contribution in [3.05, 3.63) is 57.3 Å². The van der Waals surface area contributed by atoms with Gasteiger partial charge in [0.05, 0.1) is 23.8 Å². The molecule has 0 atom stereocenters. The van der Waals surface area contributed by atoms with Crippen LogP contribution in [0, 0.1) is 0 Å². The number of alkyl halides is 3. The number of aromatic nitrogens is 1. The molecular weight excluding hydrogens is 418 g/mol. The van der Waals surface area contributed by atoms with Gasteiger partial charge in [0.25, 0.3) is 5.91 Å². The van der Waals surface area contributed by atoms with Gasteiger partial charge in [-0.05, 0) is 29.8 Å². The number of hydrogen-bond acceptors (Lipinski definition) is 4. The minimum Gasteiger partial charge on any atom is -0.378 e. The standard InChI is InChI=1S/C18H16Cl2F3N3O2/c19-14-3-4-15(20)25-16(14)17(27)24-10-11-1-2-12(9-13(11)18(21,22)23)26-5-7-28-8-6-26/h1-4,9H,5-8,10H2,(H,24,27). The molecule has 5 nitrogen and oxygen atoms in total. The van der Waals surface area contributed by atoms with Crippen LogP contribution >= 0.6 is 23.2 Å². The number of halogens is 5. The largest absolute Gasteiger partial charge is 0.416 e. The summed E-state index contributed by atoms with van der Waals surface area (Å²) in [6.45, 7) is 1.64. The molecule has 10 heteroatoms. The van der Waals surface area contributed by atoms with Crippen molar-refractivity contribution >= 4 is 34.8 Å². The van der Waals surface area contributed by atoms with Gasteiger partial charge >= 0.3 is 6.18 Å². The molecule has 0 spiro atoms. The molecule has 2 aromatic rings. The van der Waals surface area contributed by atoms with Gasteiger partial charge in [0, 0.05) is 25.3 Å². The molecule has 1 aliphatic heterocycles. The van der Waals surface area contributed by atoms with Gasteiger partial charge in [-0.1, -0.05) is 29.3 Å². The third-order valence-corrected chi connectivity index (χ3v) is 4.76. The lowest BCUT2D eigenvalue weighted by Crippen LogP contribution is -2.36. The Morgan fingerprint density at radius 1 is 1.18 bits per heavy atom. The molecule has 0 radical (unpaired) electrons. The first-order valence-electron chi connectivity index (χ1n) is 8.39. The Morgan fingerprint density at radius 2 is 1.89 bits per heavy atom. The number of carbonyl (C=O) groups excluding carboxylic acids is 1. The van der Waals surface area contributed by atoms with E-state index in [0.717, 1.165) is 6.07 Å². The Labute approximate surface area is 169 Å². The van der Waals surface area contributed by atoms with Crippen LogP contribution in [0.2, 0.25) is 10.2 Å². The van der Waals surface area contributed by atoms with Crippen LogP contribution in [0.1, 0.15) is 21.6 Å². The zero-order valence-corrected chi connectivity index (χ0v) is 16.0. The number of rotatable bonds is 4. The van der Waals surface area contributed by atoms with Crippen LogP contribution in [0.4, 0.5) is 18.9 Å². The van der Waals surface area contributed by atoms with E-state index in [-0.39, 0.29) is 28.0 Å². The molecular formula is C18H16Cl2F3N3O2. The maximum Gasteiger partial charge on any atom is 0.416 e. The monoisotopic (exact) mass is 433 g/mol. The predicted octanol–water partition coefficient (Wildman–Crippen LogP) is 4.17. The van der Waals surface area contributed by atoms with Crippen LogP contribution in [0.15, 0.2) is 30.3 Å². The third kappa shape index (κ3) is 4.87. The molecule has 1 aliphatic rings. The highest BCUT2D eigenvalue weighted by atomic mass is 35.5. The van der Waals surface area contributed by atoms with E-state index in [4.69, 9.17) is 27.9 Å². The number of carbonyl (C=O) groups is 1. The lowest BCUT2D eigenvalue weighted by Gasteiger charge is -2.29. The second kappa shape index (κ2) is 8.55. The number of anilines is 1.